The van der Waals surface area contributed by atoms with E-state index in [2.05, 4.69) is 9.97 Å². The number of para-hydroxylation sites is 1. The number of nitrogens with zero attached hydrogens (tertiary/aromatic N) is 2. The van der Waals surface area contributed by atoms with Crippen LogP contribution in [0, 0.1) is 0 Å². The van der Waals surface area contributed by atoms with E-state index in [1.54, 1.807) is 36.4 Å². The Balaban J connectivity index is 1.64. The predicted molar refractivity (Wildman–Crippen MR) is 104 cm³/mol. The summed E-state index contributed by atoms with van der Waals surface area (Å²) in [6.07, 6.45) is 4.17. The van der Waals surface area contributed by atoms with Crippen LogP contribution in [-0.4, -0.2) is 29.7 Å². The van der Waals surface area contributed by atoms with Crippen molar-refractivity contribution in [3.8, 4) is 0 Å². The average molecular weight is 383 g/mol. The van der Waals surface area contributed by atoms with E-state index in [0.717, 1.165) is 31.2 Å². The van der Waals surface area contributed by atoms with E-state index in [9.17, 15) is 13.2 Å². The number of benzene rings is 2. The van der Waals surface area contributed by atoms with Crippen molar-refractivity contribution in [1.29, 1.82) is 0 Å². The van der Waals surface area contributed by atoms with Crippen LogP contribution in [0.25, 0.3) is 10.9 Å². The van der Waals surface area contributed by atoms with Gasteiger partial charge < -0.3 is 4.98 Å². The Bertz CT molecular complexity index is 1170. The van der Waals surface area contributed by atoms with E-state index in [1.807, 2.05) is 6.07 Å². The first-order valence-electron chi connectivity index (χ1n) is 9.01. The number of fused-ring (bicyclic) bond motifs is 2. The zero-order valence-corrected chi connectivity index (χ0v) is 15.9. The largest absolute Gasteiger partial charge is 0.309 e. The number of rotatable bonds is 4. The minimum atomic E-state index is -3.67. The Kier molecular flexibility index (Phi) is 4.57. The summed E-state index contributed by atoms with van der Waals surface area (Å²) >= 11 is 0. The molecular formula is C20H21N3O3S. The van der Waals surface area contributed by atoms with Gasteiger partial charge >= 0.3 is 0 Å². The van der Waals surface area contributed by atoms with Crippen molar-refractivity contribution in [2.24, 2.45) is 0 Å². The van der Waals surface area contributed by atoms with Crippen LogP contribution >= 0.6 is 0 Å². The molecule has 2 aromatic carbocycles. The fourth-order valence-electron chi connectivity index (χ4n) is 3.56. The SMILES string of the molecule is CN(Cc1nc2ccccc2c(=O)[nH]1)S(=O)(=O)c1ccc2c(c1)CCCC2. The highest BCUT2D eigenvalue weighted by Crippen LogP contribution is 2.25. The number of hydrogen-bond donors (Lipinski definition) is 1. The van der Waals surface area contributed by atoms with E-state index in [1.165, 1.54) is 16.9 Å². The second-order valence-corrected chi connectivity index (χ2v) is 8.97. The summed E-state index contributed by atoms with van der Waals surface area (Å²) < 4.78 is 27.2. The molecule has 0 radical (unpaired) electrons. The Morgan fingerprint density at radius 3 is 2.63 bits per heavy atom. The summed E-state index contributed by atoms with van der Waals surface area (Å²) in [5.74, 6) is 0.322. The second-order valence-electron chi connectivity index (χ2n) is 6.93. The quantitative estimate of drug-likeness (QED) is 0.751. The van der Waals surface area contributed by atoms with Gasteiger partial charge in [-0.1, -0.05) is 18.2 Å². The molecule has 1 aliphatic rings. The molecule has 0 saturated carbocycles. The van der Waals surface area contributed by atoms with Crippen LogP contribution in [0.5, 0.6) is 0 Å². The maximum absolute atomic E-state index is 13.0. The van der Waals surface area contributed by atoms with Crippen molar-refractivity contribution < 1.29 is 8.42 Å². The van der Waals surface area contributed by atoms with Gasteiger partial charge in [0.2, 0.25) is 10.0 Å². The monoisotopic (exact) mass is 383 g/mol. The standard InChI is InChI=1S/C20H21N3O3S/c1-23(13-19-21-18-9-5-4-8-17(18)20(24)22-19)27(25,26)16-11-10-14-6-2-3-7-15(14)12-16/h4-5,8-12H,2-3,6-7,13H2,1H3,(H,21,22,24). The Morgan fingerprint density at radius 1 is 1.07 bits per heavy atom. The zero-order valence-electron chi connectivity index (χ0n) is 15.1. The van der Waals surface area contributed by atoms with Gasteiger partial charge in [0.05, 0.1) is 22.3 Å². The Hall–Kier alpha value is -2.51. The molecular weight excluding hydrogens is 362 g/mol. The molecule has 7 heteroatoms. The van der Waals surface area contributed by atoms with Gasteiger partial charge in [0.1, 0.15) is 5.82 Å². The van der Waals surface area contributed by atoms with Crippen molar-refractivity contribution in [3.05, 3.63) is 69.8 Å². The molecule has 0 spiro atoms. The summed E-state index contributed by atoms with van der Waals surface area (Å²) in [4.78, 5) is 19.6. The number of hydrogen-bond acceptors (Lipinski definition) is 4. The first-order chi connectivity index (χ1) is 12.9. The number of aryl methyl sites for hydroxylation is 2. The average Bonchev–Trinajstić information content (AvgIpc) is 2.67. The van der Waals surface area contributed by atoms with E-state index < -0.39 is 10.0 Å². The van der Waals surface area contributed by atoms with Gasteiger partial charge in [-0.25, -0.2) is 13.4 Å². The third kappa shape index (κ3) is 3.40. The second kappa shape index (κ2) is 6.90. The lowest BCUT2D eigenvalue weighted by atomic mass is 9.92. The fraction of sp³-hybridized carbons (Fsp3) is 0.300. The minimum Gasteiger partial charge on any atom is -0.309 e. The third-order valence-corrected chi connectivity index (χ3v) is 6.86. The number of aromatic nitrogens is 2. The maximum atomic E-state index is 13.0. The molecule has 0 aliphatic heterocycles. The van der Waals surface area contributed by atoms with E-state index in [-0.39, 0.29) is 17.0 Å². The van der Waals surface area contributed by atoms with E-state index in [0.29, 0.717) is 16.7 Å². The highest BCUT2D eigenvalue weighted by atomic mass is 32.2. The van der Waals surface area contributed by atoms with Crippen molar-refractivity contribution >= 4 is 20.9 Å². The smallest absolute Gasteiger partial charge is 0.258 e. The van der Waals surface area contributed by atoms with Crippen molar-refractivity contribution in [2.45, 2.75) is 37.1 Å². The number of aromatic amines is 1. The molecule has 0 fully saturated rings. The lowest BCUT2D eigenvalue weighted by Crippen LogP contribution is -2.28. The summed E-state index contributed by atoms with van der Waals surface area (Å²) in [6, 6.07) is 12.4. The molecule has 27 heavy (non-hydrogen) atoms. The van der Waals surface area contributed by atoms with Gasteiger partial charge in [-0.2, -0.15) is 4.31 Å². The van der Waals surface area contributed by atoms with Crippen LogP contribution in [-0.2, 0) is 29.4 Å². The molecule has 0 unspecified atom stereocenters. The molecule has 1 aliphatic carbocycles. The maximum Gasteiger partial charge on any atom is 0.258 e. The normalized spacial score (nSPS) is 14.4. The molecule has 0 saturated heterocycles. The van der Waals surface area contributed by atoms with E-state index in [4.69, 9.17) is 0 Å². The summed E-state index contributed by atoms with van der Waals surface area (Å²) in [7, 11) is -2.16. The van der Waals surface area contributed by atoms with Crippen LogP contribution < -0.4 is 5.56 Å². The van der Waals surface area contributed by atoms with Crippen LogP contribution in [0.4, 0.5) is 0 Å². The van der Waals surface area contributed by atoms with Gasteiger partial charge in [0.25, 0.3) is 5.56 Å². The highest BCUT2D eigenvalue weighted by molar-refractivity contribution is 7.89. The predicted octanol–water partition coefficient (Wildman–Crippen LogP) is 2.62. The Morgan fingerprint density at radius 2 is 1.81 bits per heavy atom. The number of sulfonamides is 1. The first-order valence-corrected chi connectivity index (χ1v) is 10.5. The molecule has 1 aromatic heterocycles. The van der Waals surface area contributed by atoms with Crippen LogP contribution in [0.3, 0.4) is 0 Å². The van der Waals surface area contributed by atoms with Crippen LogP contribution in [0.1, 0.15) is 29.8 Å². The van der Waals surface area contributed by atoms with Gasteiger partial charge in [-0.3, -0.25) is 4.79 Å². The van der Waals surface area contributed by atoms with Crippen molar-refractivity contribution in [1.82, 2.24) is 14.3 Å². The molecule has 0 bridgehead atoms. The lowest BCUT2D eigenvalue weighted by Gasteiger charge is -2.20. The van der Waals surface area contributed by atoms with Gasteiger partial charge in [-0.05, 0) is 61.1 Å². The Labute approximate surface area is 157 Å². The fourth-order valence-corrected chi connectivity index (χ4v) is 4.74. The molecule has 3 aromatic rings. The topological polar surface area (TPSA) is 83.1 Å². The number of nitrogens with one attached hydrogen (secondary N) is 1. The third-order valence-electron chi connectivity index (χ3n) is 5.06. The molecule has 6 nitrogen and oxygen atoms in total. The molecule has 140 valence electrons. The van der Waals surface area contributed by atoms with Gasteiger partial charge in [-0.15, -0.1) is 0 Å². The van der Waals surface area contributed by atoms with Crippen LogP contribution in [0.15, 0.2) is 52.2 Å². The number of H-pyrrole nitrogens is 1. The van der Waals surface area contributed by atoms with Crippen molar-refractivity contribution in [3.63, 3.8) is 0 Å². The van der Waals surface area contributed by atoms with Crippen molar-refractivity contribution in [2.75, 3.05) is 7.05 Å². The molecule has 1 N–H and O–H groups in total. The molecule has 1 heterocycles. The molecule has 0 atom stereocenters. The van der Waals surface area contributed by atoms with E-state index >= 15 is 0 Å². The summed E-state index contributed by atoms with van der Waals surface area (Å²) in [5.41, 5.74) is 2.64. The zero-order chi connectivity index (χ0) is 19.0. The lowest BCUT2D eigenvalue weighted by molar-refractivity contribution is 0.456. The van der Waals surface area contributed by atoms with Crippen LogP contribution in [0.2, 0.25) is 0 Å². The highest BCUT2D eigenvalue weighted by Gasteiger charge is 2.23. The van der Waals surface area contributed by atoms with Gasteiger partial charge in [0, 0.05) is 7.05 Å². The van der Waals surface area contributed by atoms with Gasteiger partial charge in [0.15, 0.2) is 0 Å². The molecule has 4 rings (SSSR count). The summed E-state index contributed by atoms with van der Waals surface area (Å²) in [6.45, 7) is -0.000504. The first kappa shape index (κ1) is 17.9. The molecule has 0 amide bonds. The summed E-state index contributed by atoms with van der Waals surface area (Å²) in [5, 5.41) is 0.487. The minimum absolute atomic E-state index is 0.000504.